The van der Waals surface area contributed by atoms with Gasteiger partial charge in [0.1, 0.15) is 23.7 Å². The van der Waals surface area contributed by atoms with Gasteiger partial charge in [-0.05, 0) is 72.0 Å². The normalized spacial score (nSPS) is 29.4. The summed E-state index contributed by atoms with van der Waals surface area (Å²) in [5.41, 5.74) is 0.742. The number of amides is 5. The highest BCUT2D eigenvalue weighted by Crippen LogP contribution is 2.47. The lowest BCUT2D eigenvalue weighted by Gasteiger charge is -2.35. The molecule has 2 saturated carbocycles. The van der Waals surface area contributed by atoms with E-state index in [1.54, 1.807) is 25.7 Å². The van der Waals surface area contributed by atoms with Crippen molar-refractivity contribution < 1.29 is 41.9 Å². The van der Waals surface area contributed by atoms with Gasteiger partial charge >= 0.3 is 12.2 Å². The number of rotatable bonds is 6. The molecule has 0 spiro atoms. The summed E-state index contributed by atoms with van der Waals surface area (Å²) in [5.74, 6) is -2.33. The molecule has 14 nitrogen and oxygen atoms in total. The second-order valence-electron chi connectivity index (χ2n) is 17.5. The summed E-state index contributed by atoms with van der Waals surface area (Å²) in [6, 6.07) is 3.80. The Morgan fingerprint density at radius 3 is 2.43 bits per heavy atom. The molecule has 0 aromatic heterocycles. The van der Waals surface area contributed by atoms with Crippen LogP contribution in [-0.2, 0) is 53.4 Å². The minimum atomic E-state index is -3.88. The Morgan fingerprint density at radius 2 is 1.77 bits per heavy atom. The Hall–Kier alpha value is -3.88. The first-order chi connectivity index (χ1) is 24.8. The Kier molecular flexibility index (Phi) is 10.6. The summed E-state index contributed by atoms with van der Waals surface area (Å²) in [6.45, 7) is 12.1. The largest absolute Gasteiger partial charge is 0.449 e. The molecule has 6 rings (SSSR count). The molecular weight excluding hydrogens is 703 g/mol. The van der Waals surface area contributed by atoms with E-state index < -0.39 is 74.3 Å². The molecule has 2 aliphatic carbocycles. The molecular formula is C38H55N5O9S. The third-order valence-corrected chi connectivity index (χ3v) is 13.3. The van der Waals surface area contributed by atoms with Crippen molar-refractivity contribution in [2.45, 2.75) is 141 Å². The van der Waals surface area contributed by atoms with Crippen LogP contribution in [0, 0.1) is 16.7 Å². The molecule has 1 unspecified atom stereocenters. The van der Waals surface area contributed by atoms with Crippen LogP contribution in [0.4, 0.5) is 9.59 Å². The lowest BCUT2D eigenvalue weighted by Crippen LogP contribution is -2.60. The number of benzene rings is 1. The van der Waals surface area contributed by atoms with Crippen LogP contribution < -0.4 is 15.4 Å². The number of aryl methyl sites for hydroxylation is 1. The standard InChI is InChI=1S/C38H55N5O9S/c1-7-25-18-38(25,33(46)41-53(49,50)27-14-15-27)40-31(44)29-17-26-20-43(29)32(45)30(36(2,3)4)39-34(47)51-22-37(5,6)16-9-8-11-23-12-10-13-24-19-42(21-28(23)24)35(48)52-26/h10,12-13,25-27,29-30H,7-9,11,14-22H2,1-6H3,(H,39,47)(H,40,44)(H,41,46)/t25-,26-,29+,30?,38-/m1/s1. The zero-order chi connectivity index (χ0) is 38.5. The first-order valence-corrected chi connectivity index (χ1v) is 20.6. The van der Waals surface area contributed by atoms with E-state index in [1.165, 1.54) is 10.5 Å². The van der Waals surface area contributed by atoms with Crippen molar-refractivity contribution in [1.29, 1.82) is 0 Å². The van der Waals surface area contributed by atoms with Gasteiger partial charge in [-0.2, -0.15) is 0 Å². The maximum atomic E-state index is 14.5. The lowest BCUT2D eigenvalue weighted by atomic mass is 9.85. The zero-order valence-electron chi connectivity index (χ0n) is 31.8. The van der Waals surface area contributed by atoms with Gasteiger partial charge in [0.05, 0.1) is 18.4 Å². The van der Waals surface area contributed by atoms with Crippen molar-refractivity contribution in [3.8, 4) is 0 Å². The highest BCUT2D eigenvalue weighted by Gasteiger charge is 2.62. The Morgan fingerprint density at radius 1 is 1.06 bits per heavy atom. The number of ether oxygens (including phenoxy) is 2. The number of hydrogen-bond donors (Lipinski definition) is 3. The van der Waals surface area contributed by atoms with Crippen LogP contribution in [0.5, 0.6) is 0 Å². The number of nitrogens with zero attached hydrogens (tertiary/aromatic N) is 2. The summed E-state index contributed by atoms with van der Waals surface area (Å²) < 4.78 is 39.3. The summed E-state index contributed by atoms with van der Waals surface area (Å²) in [6.07, 6.45) is 2.94. The van der Waals surface area contributed by atoms with Crippen LogP contribution in [-0.4, -0.2) is 90.3 Å². The van der Waals surface area contributed by atoms with Gasteiger partial charge in [0, 0.05) is 19.5 Å². The first-order valence-electron chi connectivity index (χ1n) is 19.0. The third kappa shape index (κ3) is 8.44. The van der Waals surface area contributed by atoms with Crippen LogP contribution in [0.3, 0.4) is 0 Å². The van der Waals surface area contributed by atoms with Crippen molar-refractivity contribution in [3.63, 3.8) is 0 Å². The fraction of sp³-hybridized carbons (Fsp3) is 0.711. The molecule has 0 radical (unpaired) electrons. The number of fused-ring (bicyclic) bond motifs is 3. The fourth-order valence-electron chi connectivity index (χ4n) is 7.97. The number of nitrogens with one attached hydrogen (secondary N) is 3. The molecule has 292 valence electrons. The molecule has 4 bridgehead atoms. The van der Waals surface area contributed by atoms with Crippen molar-refractivity contribution >= 4 is 39.9 Å². The van der Waals surface area contributed by atoms with Crippen molar-refractivity contribution in [1.82, 2.24) is 25.2 Å². The van der Waals surface area contributed by atoms with Crippen molar-refractivity contribution in [2.75, 3.05) is 13.2 Å². The molecule has 15 heteroatoms. The summed E-state index contributed by atoms with van der Waals surface area (Å²) >= 11 is 0. The molecule has 5 aliphatic rings. The van der Waals surface area contributed by atoms with Gasteiger partial charge in [0.2, 0.25) is 21.8 Å². The molecule has 3 fully saturated rings. The highest BCUT2D eigenvalue weighted by molar-refractivity contribution is 7.91. The van der Waals surface area contributed by atoms with Gasteiger partial charge in [0.15, 0.2) is 0 Å². The van der Waals surface area contributed by atoms with E-state index in [0.29, 0.717) is 32.4 Å². The minimum absolute atomic E-state index is 0.0558. The Labute approximate surface area is 312 Å². The third-order valence-electron chi connectivity index (χ3n) is 11.5. The predicted octanol–water partition coefficient (Wildman–Crippen LogP) is 3.90. The van der Waals surface area contributed by atoms with E-state index in [4.69, 9.17) is 9.47 Å². The summed E-state index contributed by atoms with van der Waals surface area (Å²) in [7, 11) is -3.88. The average Bonchev–Trinajstić information content (AvgIpc) is 3.97. The lowest BCUT2D eigenvalue weighted by molar-refractivity contribution is -0.143. The van der Waals surface area contributed by atoms with Gasteiger partial charge in [-0.15, -0.1) is 0 Å². The van der Waals surface area contributed by atoms with Crippen LogP contribution in [0.15, 0.2) is 18.2 Å². The number of carbonyl (C=O) groups is 5. The van der Waals surface area contributed by atoms with Gasteiger partial charge in [-0.25, -0.2) is 18.0 Å². The maximum absolute atomic E-state index is 14.5. The molecule has 5 amide bonds. The van der Waals surface area contributed by atoms with Crippen LogP contribution >= 0.6 is 0 Å². The smallest absolute Gasteiger partial charge is 0.410 e. The first kappa shape index (κ1) is 38.8. The second kappa shape index (κ2) is 14.4. The van der Waals surface area contributed by atoms with Gasteiger partial charge in [-0.3, -0.25) is 24.0 Å². The van der Waals surface area contributed by atoms with Crippen LogP contribution in [0.1, 0.15) is 110 Å². The summed E-state index contributed by atoms with van der Waals surface area (Å²) in [5, 5.41) is 4.95. The van der Waals surface area contributed by atoms with Gasteiger partial charge in [0.25, 0.3) is 5.91 Å². The zero-order valence-corrected chi connectivity index (χ0v) is 32.6. The molecule has 5 atom stereocenters. The number of alkyl carbamates (subject to hydrolysis) is 1. The number of cyclic esters (lactones) is 1. The van der Waals surface area contributed by atoms with Crippen LogP contribution in [0.2, 0.25) is 0 Å². The average molecular weight is 758 g/mol. The van der Waals surface area contributed by atoms with Gasteiger partial charge < -0.3 is 25.0 Å². The van der Waals surface area contributed by atoms with E-state index in [0.717, 1.165) is 36.8 Å². The highest BCUT2D eigenvalue weighted by atomic mass is 32.2. The summed E-state index contributed by atoms with van der Waals surface area (Å²) in [4.78, 5) is 72.1. The minimum Gasteiger partial charge on any atom is -0.449 e. The number of sulfonamides is 1. The monoisotopic (exact) mass is 757 g/mol. The van der Waals surface area contributed by atoms with Crippen molar-refractivity contribution in [3.05, 3.63) is 34.9 Å². The molecule has 1 saturated heterocycles. The number of carbonyl (C=O) groups excluding carboxylic acids is 5. The quantitative estimate of drug-likeness (QED) is 0.388. The van der Waals surface area contributed by atoms with Crippen LogP contribution in [0.25, 0.3) is 0 Å². The number of hydrogen-bond acceptors (Lipinski definition) is 9. The fourth-order valence-corrected chi connectivity index (χ4v) is 9.33. The van der Waals surface area contributed by atoms with E-state index >= 15 is 0 Å². The molecule has 1 aromatic rings. The molecule has 3 heterocycles. The van der Waals surface area contributed by atoms with Gasteiger partial charge in [-0.1, -0.05) is 72.6 Å². The van der Waals surface area contributed by atoms with Crippen molar-refractivity contribution in [2.24, 2.45) is 16.7 Å². The topological polar surface area (TPSA) is 181 Å². The van der Waals surface area contributed by atoms with E-state index in [-0.39, 0.29) is 37.3 Å². The second-order valence-corrected chi connectivity index (χ2v) is 19.5. The Balaban J connectivity index is 1.28. The molecule has 1 aromatic carbocycles. The molecule has 3 aliphatic heterocycles. The predicted molar refractivity (Wildman–Crippen MR) is 194 cm³/mol. The Bertz CT molecular complexity index is 1750. The van der Waals surface area contributed by atoms with E-state index in [1.807, 2.05) is 32.9 Å². The molecule has 53 heavy (non-hydrogen) atoms. The van der Waals surface area contributed by atoms with E-state index in [9.17, 15) is 32.4 Å². The SMILES string of the molecule is CC[C@@H]1C[C@]1(NC(=O)[C@@H]1C[C@@H]2CN1C(=O)C(C(C)(C)C)NC(=O)OCC(C)(C)CCCCc1cccc3c1CN(C3)C(=O)O2)C(=O)NS(=O)(=O)C1CC1. The van der Waals surface area contributed by atoms with E-state index in [2.05, 4.69) is 21.4 Å². The maximum Gasteiger partial charge on any atom is 0.410 e. The molecule has 3 N–H and O–H groups in total.